The average molecular weight is 276 g/mol. The monoisotopic (exact) mass is 276 g/mol. The van der Waals surface area contributed by atoms with Gasteiger partial charge in [-0.25, -0.2) is 8.78 Å². The van der Waals surface area contributed by atoms with Crippen LogP contribution in [0.3, 0.4) is 0 Å². The quantitative estimate of drug-likeness (QED) is 0.881. The van der Waals surface area contributed by atoms with E-state index < -0.39 is 11.6 Å². The zero-order chi connectivity index (χ0) is 14.4. The van der Waals surface area contributed by atoms with Gasteiger partial charge in [0.1, 0.15) is 11.6 Å². The summed E-state index contributed by atoms with van der Waals surface area (Å²) in [6.07, 6.45) is 0. The molecule has 0 spiro atoms. The summed E-state index contributed by atoms with van der Waals surface area (Å²) in [4.78, 5) is 11.6. The molecule has 2 aromatic rings. The van der Waals surface area contributed by atoms with Gasteiger partial charge in [0.2, 0.25) is 5.91 Å². The van der Waals surface area contributed by atoms with Gasteiger partial charge in [-0.2, -0.15) is 0 Å². The fourth-order valence-corrected chi connectivity index (χ4v) is 1.66. The van der Waals surface area contributed by atoms with Gasteiger partial charge in [-0.1, -0.05) is 24.3 Å². The fraction of sp³-hybridized carbons (Fsp3) is 0.133. The van der Waals surface area contributed by atoms with Gasteiger partial charge >= 0.3 is 0 Å². The molecular weight excluding hydrogens is 262 g/mol. The van der Waals surface area contributed by atoms with Crippen LogP contribution in [0.1, 0.15) is 5.56 Å². The smallest absolute Gasteiger partial charge is 0.239 e. The molecule has 0 bridgehead atoms. The van der Waals surface area contributed by atoms with Crippen LogP contribution in [0.15, 0.2) is 48.5 Å². The van der Waals surface area contributed by atoms with E-state index in [4.69, 9.17) is 0 Å². The van der Waals surface area contributed by atoms with Crippen molar-refractivity contribution in [3.63, 3.8) is 0 Å². The minimum Gasteiger partial charge on any atom is -0.376 e. The molecule has 0 aliphatic heterocycles. The molecule has 20 heavy (non-hydrogen) atoms. The number of carbonyl (C=O) groups is 1. The molecule has 0 aliphatic rings. The van der Waals surface area contributed by atoms with Crippen LogP contribution < -0.4 is 10.6 Å². The zero-order valence-electron chi connectivity index (χ0n) is 10.7. The third-order valence-electron chi connectivity index (χ3n) is 2.72. The molecular formula is C15H14F2N2O. The number of amides is 1. The van der Waals surface area contributed by atoms with E-state index in [1.165, 1.54) is 6.07 Å². The summed E-state index contributed by atoms with van der Waals surface area (Å²) in [7, 11) is 0. The van der Waals surface area contributed by atoms with Crippen LogP contribution in [0.5, 0.6) is 0 Å². The molecule has 0 saturated carbocycles. The number of hydrogen-bond donors (Lipinski definition) is 2. The first kappa shape index (κ1) is 14.0. The highest BCUT2D eigenvalue weighted by molar-refractivity contribution is 5.80. The van der Waals surface area contributed by atoms with E-state index in [2.05, 4.69) is 10.6 Å². The first-order chi connectivity index (χ1) is 9.65. The normalized spacial score (nSPS) is 10.1. The minimum absolute atomic E-state index is 0.0292. The third kappa shape index (κ3) is 4.05. The number of rotatable bonds is 5. The van der Waals surface area contributed by atoms with Crippen LogP contribution in [0.25, 0.3) is 0 Å². The summed E-state index contributed by atoms with van der Waals surface area (Å²) in [5, 5.41) is 5.50. The predicted octanol–water partition coefficient (Wildman–Crippen LogP) is 2.69. The van der Waals surface area contributed by atoms with Crippen molar-refractivity contribution in [3.05, 3.63) is 65.7 Å². The molecule has 2 aromatic carbocycles. The molecule has 5 heteroatoms. The van der Waals surface area contributed by atoms with Gasteiger partial charge in [-0.05, 0) is 18.2 Å². The highest BCUT2D eigenvalue weighted by atomic mass is 19.1. The number of para-hydroxylation sites is 1. The van der Waals surface area contributed by atoms with Gasteiger partial charge in [0.25, 0.3) is 0 Å². The lowest BCUT2D eigenvalue weighted by Gasteiger charge is -2.08. The van der Waals surface area contributed by atoms with Gasteiger partial charge in [0.05, 0.1) is 6.54 Å². The molecule has 0 aromatic heterocycles. The van der Waals surface area contributed by atoms with E-state index in [0.717, 1.165) is 17.8 Å². The molecule has 0 atom stereocenters. The number of halogens is 2. The Kier molecular flexibility index (Phi) is 4.65. The summed E-state index contributed by atoms with van der Waals surface area (Å²) in [6.45, 7) is 0.119. The number of anilines is 1. The molecule has 0 unspecified atom stereocenters. The van der Waals surface area contributed by atoms with E-state index in [0.29, 0.717) is 0 Å². The largest absolute Gasteiger partial charge is 0.376 e. The van der Waals surface area contributed by atoms with Gasteiger partial charge < -0.3 is 10.6 Å². The van der Waals surface area contributed by atoms with E-state index in [1.54, 1.807) is 0 Å². The Morgan fingerprint density at radius 2 is 1.80 bits per heavy atom. The number of hydrogen-bond acceptors (Lipinski definition) is 2. The van der Waals surface area contributed by atoms with Crippen LogP contribution in [-0.2, 0) is 11.3 Å². The van der Waals surface area contributed by atoms with Crippen LogP contribution >= 0.6 is 0 Å². The molecule has 0 aliphatic carbocycles. The van der Waals surface area contributed by atoms with Gasteiger partial charge in [-0.3, -0.25) is 4.79 Å². The topological polar surface area (TPSA) is 41.1 Å². The van der Waals surface area contributed by atoms with Crippen molar-refractivity contribution in [3.8, 4) is 0 Å². The highest BCUT2D eigenvalue weighted by Gasteiger charge is 2.06. The highest BCUT2D eigenvalue weighted by Crippen LogP contribution is 2.09. The zero-order valence-corrected chi connectivity index (χ0v) is 10.7. The SMILES string of the molecule is O=C(CNc1ccccc1)NCc1ccc(F)cc1F. The lowest BCUT2D eigenvalue weighted by Crippen LogP contribution is -2.29. The summed E-state index contributed by atoms with van der Waals surface area (Å²) >= 11 is 0. The van der Waals surface area contributed by atoms with Crippen molar-refractivity contribution in [2.75, 3.05) is 11.9 Å². The van der Waals surface area contributed by atoms with E-state index in [1.807, 2.05) is 30.3 Å². The van der Waals surface area contributed by atoms with Crippen LogP contribution in [-0.4, -0.2) is 12.5 Å². The standard InChI is InChI=1S/C15H14F2N2O/c16-12-7-6-11(14(17)8-12)9-19-15(20)10-18-13-4-2-1-3-5-13/h1-8,18H,9-10H2,(H,19,20). The molecule has 0 fully saturated rings. The van der Waals surface area contributed by atoms with Gasteiger partial charge in [0.15, 0.2) is 0 Å². The molecule has 3 nitrogen and oxygen atoms in total. The van der Waals surface area contributed by atoms with E-state index >= 15 is 0 Å². The lowest BCUT2D eigenvalue weighted by molar-refractivity contribution is -0.119. The van der Waals surface area contributed by atoms with Gasteiger partial charge in [-0.15, -0.1) is 0 Å². The Hall–Kier alpha value is -2.43. The molecule has 1 amide bonds. The Balaban J connectivity index is 1.80. The molecule has 2 rings (SSSR count). The first-order valence-electron chi connectivity index (χ1n) is 6.15. The third-order valence-corrected chi connectivity index (χ3v) is 2.72. The molecule has 2 N–H and O–H groups in total. The molecule has 104 valence electrons. The van der Waals surface area contributed by atoms with E-state index in [-0.39, 0.29) is 24.6 Å². The second-order valence-corrected chi connectivity index (χ2v) is 4.23. The maximum Gasteiger partial charge on any atom is 0.239 e. The van der Waals surface area contributed by atoms with Crippen molar-refractivity contribution in [1.29, 1.82) is 0 Å². The first-order valence-corrected chi connectivity index (χ1v) is 6.15. The van der Waals surface area contributed by atoms with Crippen molar-refractivity contribution in [2.45, 2.75) is 6.54 Å². The maximum atomic E-state index is 13.3. The minimum atomic E-state index is -0.665. The Labute approximate surface area is 115 Å². The molecule has 0 saturated heterocycles. The number of carbonyl (C=O) groups excluding carboxylic acids is 1. The number of benzene rings is 2. The van der Waals surface area contributed by atoms with Crippen molar-refractivity contribution in [1.82, 2.24) is 5.32 Å². The molecule has 0 heterocycles. The van der Waals surface area contributed by atoms with Crippen molar-refractivity contribution < 1.29 is 13.6 Å². The van der Waals surface area contributed by atoms with Crippen LogP contribution in [0.4, 0.5) is 14.5 Å². The van der Waals surface area contributed by atoms with Gasteiger partial charge in [0, 0.05) is 23.9 Å². The summed E-state index contributed by atoms with van der Waals surface area (Å²) in [5.41, 5.74) is 1.08. The summed E-state index contributed by atoms with van der Waals surface area (Å²) < 4.78 is 26.1. The maximum absolute atomic E-state index is 13.3. The Bertz CT molecular complexity index is 588. The number of nitrogens with one attached hydrogen (secondary N) is 2. The van der Waals surface area contributed by atoms with Crippen molar-refractivity contribution >= 4 is 11.6 Å². The second kappa shape index (κ2) is 6.65. The second-order valence-electron chi connectivity index (χ2n) is 4.23. The summed E-state index contributed by atoms with van der Waals surface area (Å²) in [5.74, 6) is -1.57. The summed E-state index contributed by atoms with van der Waals surface area (Å²) in [6, 6.07) is 12.5. The van der Waals surface area contributed by atoms with E-state index in [9.17, 15) is 13.6 Å². The van der Waals surface area contributed by atoms with Crippen molar-refractivity contribution in [2.24, 2.45) is 0 Å². The predicted molar refractivity (Wildman–Crippen MR) is 73.1 cm³/mol. The average Bonchev–Trinajstić information content (AvgIpc) is 2.45. The fourth-order valence-electron chi connectivity index (χ4n) is 1.66. The van der Waals surface area contributed by atoms with Crippen LogP contribution in [0.2, 0.25) is 0 Å². The lowest BCUT2D eigenvalue weighted by atomic mass is 10.2. The molecule has 0 radical (unpaired) electrons. The van der Waals surface area contributed by atoms with Crippen LogP contribution in [0, 0.1) is 11.6 Å². The Morgan fingerprint density at radius 3 is 2.50 bits per heavy atom. The Morgan fingerprint density at radius 1 is 1.05 bits per heavy atom.